The van der Waals surface area contributed by atoms with Crippen molar-refractivity contribution < 1.29 is 4.74 Å². The first kappa shape index (κ1) is 13.6. The van der Waals surface area contributed by atoms with Gasteiger partial charge in [0.05, 0.1) is 12.8 Å². The van der Waals surface area contributed by atoms with Gasteiger partial charge in [-0.05, 0) is 42.5 Å². The Morgan fingerprint density at radius 1 is 1.11 bits per heavy atom. The van der Waals surface area contributed by atoms with Crippen LogP contribution in [0.1, 0.15) is 0 Å². The number of hydrogen-bond acceptors (Lipinski definition) is 2. The largest absolute Gasteiger partial charge is 0.495 e. The molecule has 0 aliphatic carbocycles. The zero-order valence-corrected chi connectivity index (χ0v) is 11.9. The number of hydrogen-bond donors (Lipinski definition) is 2. The molecule has 98 valence electrons. The molecule has 5 heteroatoms. The van der Waals surface area contributed by atoms with Crippen LogP contribution in [0, 0.1) is 0 Å². The van der Waals surface area contributed by atoms with Crippen LogP contribution >= 0.6 is 23.8 Å². The summed E-state index contributed by atoms with van der Waals surface area (Å²) < 4.78 is 5.24. The number of benzene rings is 2. The summed E-state index contributed by atoms with van der Waals surface area (Å²) in [5.74, 6) is 0.734. The summed E-state index contributed by atoms with van der Waals surface area (Å²) in [5, 5.41) is 7.28. The molecule has 0 fully saturated rings. The van der Waals surface area contributed by atoms with Crippen LogP contribution in [0.25, 0.3) is 0 Å². The zero-order chi connectivity index (χ0) is 13.7. The zero-order valence-electron chi connectivity index (χ0n) is 10.3. The molecule has 3 nitrogen and oxygen atoms in total. The number of rotatable bonds is 3. The smallest absolute Gasteiger partial charge is 0.175 e. The van der Waals surface area contributed by atoms with Crippen molar-refractivity contribution in [2.75, 3.05) is 17.7 Å². The molecular weight excluding hydrogens is 280 g/mol. The molecule has 0 unspecified atom stereocenters. The molecule has 2 rings (SSSR count). The molecule has 0 saturated carbocycles. The van der Waals surface area contributed by atoms with E-state index in [1.807, 2.05) is 42.5 Å². The monoisotopic (exact) mass is 292 g/mol. The van der Waals surface area contributed by atoms with Crippen molar-refractivity contribution in [2.45, 2.75) is 0 Å². The summed E-state index contributed by atoms with van der Waals surface area (Å²) >= 11 is 11.2. The number of thiocarbonyl (C=S) groups is 1. The minimum Gasteiger partial charge on any atom is -0.495 e. The van der Waals surface area contributed by atoms with E-state index in [2.05, 4.69) is 10.6 Å². The number of nitrogens with one attached hydrogen (secondary N) is 2. The van der Waals surface area contributed by atoms with Crippen molar-refractivity contribution in [3.05, 3.63) is 53.6 Å². The molecule has 0 aromatic heterocycles. The SMILES string of the molecule is COc1ccccc1NC(=S)Nc1cccc(Cl)c1. The summed E-state index contributed by atoms with van der Waals surface area (Å²) in [4.78, 5) is 0. The van der Waals surface area contributed by atoms with Gasteiger partial charge in [0.25, 0.3) is 0 Å². The summed E-state index contributed by atoms with van der Waals surface area (Å²) in [6, 6.07) is 14.9. The fraction of sp³-hybridized carbons (Fsp3) is 0.0714. The van der Waals surface area contributed by atoms with Crippen molar-refractivity contribution in [1.29, 1.82) is 0 Å². The molecule has 0 spiro atoms. The number of anilines is 2. The van der Waals surface area contributed by atoms with Crippen LogP contribution in [-0.2, 0) is 0 Å². The highest BCUT2D eigenvalue weighted by molar-refractivity contribution is 7.80. The van der Waals surface area contributed by atoms with Crippen molar-refractivity contribution >= 4 is 40.3 Å². The highest BCUT2D eigenvalue weighted by Crippen LogP contribution is 2.23. The molecule has 2 N–H and O–H groups in total. The number of ether oxygens (including phenoxy) is 1. The maximum absolute atomic E-state index is 5.91. The lowest BCUT2D eigenvalue weighted by atomic mass is 10.3. The average molecular weight is 293 g/mol. The first-order chi connectivity index (χ1) is 9.19. The van der Waals surface area contributed by atoms with Crippen LogP contribution < -0.4 is 15.4 Å². The van der Waals surface area contributed by atoms with Gasteiger partial charge in [-0.3, -0.25) is 0 Å². The van der Waals surface area contributed by atoms with Gasteiger partial charge in [-0.1, -0.05) is 29.8 Å². The Labute approximate surface area is 122 Å². The first-order valence-corrected chi connectivity index (χ1v) is 6.44. The summed E-state index contributed by atoms with van der Waals surface area (Å²) in [6.45, 7) is 0. The van der Waals surface area contributed by atoms with E-state index >= 15 is 0 Å². The van der Waals surface area contributed by atoms with Crippen LogP contribution in [0.3, 0.4) is 0 Å². The van der Waals surface area contributed by atoms with E-state index < -0.39 is 0 Å². The van der Waals surface area contributed by atoms with E-state index in [9.17, 15) is 0 Å². The second kappa shape index (κ2) is 6.41. The Morgan fingerprint density at radius 2 is 1.89 bits per heavy atom. The highest BCUT2D eigenvalue weighted by Gasteiger charge is 2.04. The Bertz CT molecular complexity index is 589. The van der Waals surface area contributed by atoms with Crippen molar-refractivity contribution in [3.63, 3.8) is 0 Å². The standard InChI is InChI=1S/C14H13ClN2OS/c1-18-13-8-3-2-7-12(13)17-14(19)16-11-6-4-5-10(15)9-11/h2-9H,1H3,(H2,16,17,19). The third-order valence-electron chi connectivity index (χ3n) is 2.44. The molecule has 0 heterocycles. The average Bonchev–Trinajstić information content (AvgIpc) is 2.39. The Balaban J connectivity index is 2.05. The van der Waals surface area contributed by atoms with E-state index in [0.717, 1.165) is 17.1 Å². The Morgan fingerprint density at radius 3 is 2.63 bits per heavy atom. The predicted octanol–water partition coefficient (Wildman–Crippen LogP) is 4.16. The molecule has 0 bridgehead atoms. The van der Waals surface area contributed by atoms with Gasteiger partial charge < -0.3 is 15.4 Å². The van der Waals surface area contributed by atoms with Gasteiger partial charge in [-0.25, -0.2) is 0 Å². The van der Waals surface area contributed by atoms with Crippen LogP contribution in [0.4, 0.5) is 11.4 Å². The third-order valence-corrected chi connectivity index (χ3v) is 2.88. The lowest BCUT2D eigenvalue weighted by Crippen LogP contribution is -2.19. The molecule has 2 aromatic rings. The van der Waals surface area contributed by atoms with Crippen molar-refractivity contribution in [2.24, 2.45) is 0 Å². The summed E-state index contributed by atoms with van der Waals surface area (Å²) in [7, 11) is 1.62. The van der Waals surface area contributed by atoms with Gasteiger partial charge in [-0.2, -0.15) is 0 Å². The van der Waals surface area contributed by atoms with Crippen molar-refractivity contribution in [1.82, 2.24) is 0 Å². The lowest BCUT2D eigenvalue weighted by Gasteiger charge is -2.13. The molecule has 0 radical (unpaired) electrons. The minimum atomic E-state index is 0.478. The summed E-state index contributed by atoms with van der Waals surface area (Å²) in [6.07, 6.45) is 0. The molecule has 19 heavy (non-hydrogen) atoms. The maximum atomic E-state index is 5.91. The second-order valence-corrected chi connectivity index (χ2v) is 4.63. The number of methoxy groups -OCH3 is 1. The molecule has 0 saturated heterocycles. The lowest BCUT2D eigenvalue weighted by molar-refractivity contribution is 0.417. The molecule has 0 atom stereocenters. The fourth-order valence-electron chi connectivity index (χ4n) is 1.60. The van der Waals surface area contributed by atoms with Gasteiger partial charge in [0.1, 0.15) is 5.75 Å². The van der Waals surface area contributed by atoms with Gasteiger partial charge in [0, 0.05) is 10.7 Å². The number of halogens is 1. The first-order valence-electron chi connectivity index (χ1n) is 5.65. The van der Waals surface area contributed by atoms with Crippen molar-refractivity contribution in [3.8, 4) is 5.75 Å². The quantitative estimate of drug-likeness (QED) is 0.832. The van der Waals surface area contributed by atoms with E-state index in [4.69, 9.17) is 28.6 Å². The molecule has 2 aromatic carbocycles. The van der Waals surface area contributed by atoms with Crippen LogP contribution in [0.2, 0.25) is 5.02 Å². The molecular formula is C14H13ClN2OS. The highest BCUT2D eigenvalue weighted by atomic mass is 35.5. The molecule has 0 aliphatic heterocycles. The normalized spacial score (nSPS) is 9.79. The van der Waals surface area contributed by atoms with Gasteiger partial charge in [-0.15, -0.1) is 0 Å². The maximum Gasteiger partial charge on any atom is 0.175 e. The fourth-order valence-corrected chi connectivity index (χ4v) is 2.02. The van der Waals surface area contributed by atoms with Crippen LogP contribution in [0.5, 0.6) is 5.75 Å². The molecule has 0 amide bonds. The summed E-state index contributed by atoms with van der Waals surface area (Å²) in [5.41, 5.74) is 1.64. The second-order valence-electron chi connectivity index (χ2n) is 3.79. The van der Waals surface area contributed by atoms with Gasteiger partial charge in [0.2, 0.25) is 0 Å². The van der Waals surface area contributed by atoms with E-state index in [-0.39, 0.29) is 0 Å². The van der Waals surface area contributed by atoms with Gasteiger partial charge >= 0.3 is 0 Å². The van der Waals surface area contributed by atoms with E-state index in [1.54, 1.807) is 13.2 Å². The van der Waals surface area contributed by atoms with Crippen LogP contribution in [0.15, 0.2) is 48.5 Å². The third kappa shape index (κ3) is 3.84. The Kier molecular flexibility index (Phi) is 4.60. The van der Waals surface area contributed by atoms with E-state index in [0.29, 0.717) is 10.1 Å². The van der Waals surface area contributed by atoms with Gasteiger partial charge in [0.15, 0.2) is 5.11 Å². The van der Waals surface area contributed by atoms with Crippen LogP contribution in [-0.4, -0.2) is 12.2 Å². The van der Waals surface area contributed by atoms with E-state index in [1.165, 1.54) is 0 Å². The Hall–Kier alpha value is -1.78. The topological polar surface area (TPSA) is 33.3 Å². The predicted molar refractivity (Wildman–Crippen MR) is 84.3 cm³/mol. The minimum absolute atomic E-state index is 0.478. The number of para-hydroxylation sites is 2. The molecule has 0 aliphatic rings.